The third-order valence-electron chi connectivity index (χ3n) is 4.82. The number of rotatable bonds is 8. The highest BCUT2D eigenvalue weighted by Gasteiger charge is 2.12. The molecule has 0 aliphatic heterocycles. The van der Waals surface area contributed by atoms with E-state index in [-0.39, 0.29) is 5.91 Å². The minimum absolute atomic E-state index is 0.0178. The molecule has 4 nitrogen and oxygen atoms in total. The van der Waals surface area contributed by atoms with Crippen molar-refractivity contribution < 1.29 is 9.53 Å². The van der Waals surface area contributed by atoms with E-state index in [2.05, 4.69) is 24.6 Å². The van der Waals surface area contributed by atoms with E-state index in [1.165, 1.54) is 0 Å². The lowest BCUT2D eigenvalue weighted by Gasteiger charge is -2.18. The van der Waals surface area contributed by atoms with Gasteiger partial charge in [-0.3, -0.25) is 9.78 Å². The predicted octanol–water partition coefficient (Wildman–Crippen LogP) is 5.82. The third-order valence-corrected chi connectivity index (χ3v) is 4.82. The zero-order valence-electron chi connectivity index (χ0n) is 17.6. The van der Waals surface area contributed by atoms with Crippen LogP contribution in [0.1, 0.15) is 44.7 Å². The van der Waals surface area contributed by atoms with Crippen molar-refractivity contribution >= 4 is 28.1 Å². The van der Waals surface area contributed by atoms with Gasteiger partial charge >= 0.3 is 0 Å². The lowest BCUT2D eigenvalue weighted by atomic mass is 10.00. The van der Waals surface area contributed by atoms with Gasteiger partial charge in [0.25, 0.3) is 0 Å². The molecule has 0 saturated carbocycles. The summed E-state index contributed by atoms with van der Waals surface area (Å²) in [7, 11) is 1.77. The quantitative estimate of drug-likeness (QED) is 0.330. The summed E-state index contributed by atoms with van der Waals surface area (Å²) in [6, 6.07) is 6.14. The van der Waals surface area contributed by atoms with Gasteiger partial charge in [-0.1, -0.05) is 38.1 Å². The normalized spacial score (nSPS) is 12.2. The Kier molecular flexibility index (Phi) is 7.56. The Bertz CT molecular complexity index is 926. The molecule has 0 N–H and O–H groups in total. The van der Waals surface area contributed by atoms with E-state index in [1.807, 2.05) is 44.2 Å². The number of aromatic nitrogens is 1. The number of hydrogen-bond acceptors (Lipinski definition) is 3. The highest BCUT2D eigenvalue weighted by atomic mass is 16.5. The van der Waals surface area contributed by atoms with Gasteiger partial charge in [-0.2, -0.15) is 0 Å². The monoisotopic (exact) mass is 378 g/mol. The fraction of sp³-hybridized carbons (Fsp3) is 0.333. The summed E-state index contributed by atoms with van der Waals surface area (Å²) in [5, 5.41) is 1.02. The van der Waals surface area contributed by atoms with Crippen molar-refractivity contribution in [3.8, 4) is 0 Å². The maximum absolute atomic E-state index is 11.8. The average Bonchev–Trinajstić information content (AvgIpc) is 2.68. The van der Waals surface area contributed by atoms with Crippen molar-refractivity contribution in [2.24, 2.45) is 0 Å². The zero-order chi connectivity index (χ0) is 20.7. The molecule has 4 heteroatoms. The van der Waals surface area contributed by atoms with Crippen LogP contribution in [0.3, 0.4) is 0 Å². The number of hydrogen-bond donors (Lipinski definition) is 0. The van der Waals surface area contributed by atoms with Crippen molar-refractivity contribution in [1.82, 2.24) is 4.98 Å². The molecule has 1 aromatic heterocycles. The number of benzene rings is 1. The van der Waals surface area contributed by atoms with E-state index >= 15 is 0 Å². The summed E-state index contributed by atoms with van der Waals surface area (Å²) in [5.41, 5.74) is 4.81. The van der Waals surface area contributed by atoms with E-state index < -0.39 is 0 Å². The number of unbranched alkanes of at least 4 members (excludes halogenated alkanes) is 1. The number of amides is 1. The molecule has 2 aromatic rings. The fourth-order valence-corrected chi connectivity index (χ4v) is 2.92. The van der Waals surface area contributed by atoms with Gasteiger partial charge in [0.2, 0.25) is 5.91 Å². The second-order valence-electron chi connectivity index (χ2n) is 6.88. The second-order valence-corrected chi connectivity index (χ2v) is 6.88. The van der Waals surface area contributed by atoms with E-state index in [0.717, 1.165) is 58.5 Å². The Hall–Kier alpha value is -2.88. The molecule has 0 unspecified atom stereocenters. The molecule has 1 heterocycles. The van der Waals surface area contributed by atoms with Crippen molar-refractivity contribution in [1.29, 1.82) is 0 Å². The van der Waals surface area contributed by atoms with E-state index in [4.69, 9.17) is 4.74 Å². The molecule has 1 aromatic carbocycles. The van der Waals surface area contributed by atoms with Crippen molar-refractivity contribution in [2.45, 2.75) is 40.5 Å². The number of carbonyl (C=O) groups excluding carboxylic acids is 1. The molecular formula is C24H30N2O2. The number of nitrogens with zero attached hydrogens (tertiary/aromatic N) is 2. The van der Waals surface area contributed by atoms with Gasteiger partial charge in [-0.25, -0.2) is 0 Å². The molecule has 148 valence electrons. The molecule has 0 aliphatic rings. The summed E-state index contributed by atoms with van der Waals surface area (Å²) in [4.78, 5) is 17.9. The van der Waals surface area contributed by atoms with Crippen LogP contribution in [0, 0.1) is 6.92 Å². The van der Waals surface area contributed by atoms with Crippen LogP contribution >= 0.6 is 0 Å². The van der Waals surface area contributed by atoms with Gasteiger partial charge in [-0.15, -0.1) is 0 Å². The lowest BCUT2D eigenvalue weighted by molar-refractivity contribution is -0.116. The number of anilines is 1. The summed E-state index contributed by atoms with van der Waals surface area (Å²) in [6.07, 6.45) is 9.75. The number of aryl methyl sites for hydroxylation is 1. The van der Waals surface area contributed by atoms with Crippen LogP contribution in [0.25, 0.3) is 16.5 Å². The number of allylic oxidation sites excluding steroid dienone is 5. The topological polar surface area (TPSA) is 42.4 Å². The number of ether oxygens (including phenoxy) is 1. The van der Waals surface area contributed by atoms with Crippen molar-refractivity contribution in [3.63, 3.8) is 0 Å². The molecule has 28 heavy (non-hydrogen) atoms. The molecule has 0 aliphatic carbocycles. The first kappa shape index (κ1) is 21.4. The molecule has 0 radical (unpaired) electrons. The van der Waals surface area contributed by atoms with E-state index in [1.54, 1.807) is 25.1 Å². The molecular weight excluding hydrogens is 348 g/mol. The Labute approximate surface area is 168 Å². The lowest BCUT2D eigenvalue weighted by Crippen LogP contribution is -2.23. The summed E-state index contributed by atoms with van der Waals surface area (Å²) in [6.45, 7) is 12.4. The molecule has 0 saturated heterocycles. The van der Waals surface area contributed by atoms with Gasteiger partial charge in [0.05, 0.1) is 29.8 Å². The summed E-state index contributed by atoms with van der Waals surface area (Å²) < 4.78 is 5.70. The van der Waals surface area contributed by atoms with Gasteiger partial charge in [0, 0.05) is 19.4 Å². The van der Waals surface area contributed by atoms with E-state index in [0.29, 0.717) is 0 Å². The fourth-order valence-electron chi connectivity index (χ4n) is 2.92. The van der Waals surface area contributed by atoms with Crippen LogP contribution in [0.4, 0.5) is 5.69 Å². The number of pyridine rings is 1. The largest absolute Gasteiger partial charge is 0.498 e. The highest BCUT2D eigenvalue weighted by Crippen LogP contribution is 2.29. The number of fused-ring (bicyclic) bond motifs is 1. The highest BCUT2D eigenvalue weighted by molar-refractivity contribution is 5.96. The van der Waals surface area contributed by atoms with Gasteiger partial charge < -0.3 is 9.64 Å². The first-order valence-corrected chi connectivity index (χ1v) is 9.66. The Morgan fingerprint density at radius 3 is 2.68 bits per heavy atom. The standard InChI is InChI=1S/C24H30N2O2/c1-7-9-14-28-17(3)10-11-20(8-2)21-12-13-23-22(15-21)18(4)24(16-25-23)26(6)19(5)27/h8,10-13,15-16H,2,7,9,14H2,1,3-6H3/b17-10+,20-11+. The maximum atomic E-state index is 11.8. The molecule has 2 rings (SSSR count). The predicted molar refractivity (Wildman–Crippen MR) is 118 cm³/mol. The van der Waals surface area contributed by atoms with Crippen LogP contribution in [-0.4, -0.2) is 24.5 Å². The number of carbonyl (C=O) groups is 1. The van der Waals surface area contributed by atoms with Gasteiger partial charge in [0.15, 0.2) is 0 Å². The van der Waals surface area contributed by atoms with Gasteiger partial charge in [0.1, 0.15) is 0 Å². The smallest absolute Gasteiger partial charge is 0.223 e. The average molecular weight is 379 g/mol. The zero-order valence-corrected chi connectivity index (χ0v) is 17.6. The SMILES string of the molecule is C=C/C(=C\C=C(/C)OCCCC)c1ccc2ncc(N(C)C(C)=O)c(C)c2c1. The Morgan fingerprint density at radius 2 is 2.04 bits per heavy atom. The van der Waals surface area contributed by atoms with Crippen LogP contribution in [0.15, 0.2) is 55.0 Å². The summed E-state index contributed by atoms with van der Waals surface area (Å²) >= 11 is 0. The Morgan fingerprint density at radius 1 is 1.29 bits per heavy atom. The first-order valence-electron chi connectivity index (χ1n) is 9.66. The maximum Gasteiger partial charge on any atom is 0.223 e. The third kappa shape index (κ3) is 5.10. The minimum Gasteiger partial charge on any atom is -0.498 e. The first-order chi connectivity index (χ1) is 13.4. The molecule has 0 fully saturated rings. The molecule has 1 amide bonds. The van der Waals surface area contributed by atoms with Crippen LogP contribution in [0.5, 0.6) is 0 Å². The van der Waals surface area contributed by atoms with E-state index in [9.17, 15) is 4.79 Å². The summed E-state index contributed by atoms with van der Waals surface area (Å²) in [5.74, 6) is 0.868. The Balaban J connectivity index is 2.41. The van der Waals surface area contributed by atoms with Gasteiger partial charge in [-0.05, 0) is 55.2 Å². The van der Waals surface area contributed by atoms with Crippen LogP contribution in [-0.2, 0) is 9.53 Å². The van der Waals surface area contributed by atoms with Crippen molar-refractivity contribution in [3.05, 3.63) is 66.1 Å². The van der Waals surface area contributed by atoms with Crippen LogP contribution < -0.4 is 4.90 Å². The minimum atomic E-state index is -0.0178. The molecule has 0 bridgehead atoms. The second kappa shape index (κ2) is 9.88. The molecule has 0 spiro atoms. The van der Waals surface area contributed by atoms with Crippen molar-refractivity contribution in [2.75, 3.05) is 18.6 Å². The molecule has 0 atom stereocenters. The van der Waals surface area contributed by atoms with Crippen LogP contribution in [0.2, 0.25) is 0 Å².